The molecule has 2 aromatic rings. The molecule has 8 heteroatoms. The smallest absolute Gasteiger partial charge is 0.227 e. The summed E-state index contributed by atoms with van der Waals surface area (Å²) in [6.45, 7) is 3.07. The van der Waals surface area contributed by atoms with E-state index in [1.54, 1.807) is 20.3 Å². The lowest BCUT2D eigenvalue weighted by Gasteiger charge is -2.48. The van der Waals surface area contributed by atoms with E-state index >= 15 is 0 Å². The highest BCUT2D eigenvalue weighted by atomic mass is 16.5. The third-order valence-electron chi connectivity index (χ3n) is 7.10. The minimum atomic E-state index is 0.0443. The molecule has 2 heterocycles. The number of ether oxygens (including phenoxy) is 2. The average Bonchev–Trinajstić information content (AvgIpc) is 3.36. The van der Waals surface area contributed by atoms with Crippen molar-refractivity contribution in [2.45, 2.75) is 69.7 Å². The zero-order chi connectivity index (χ0) is 23.1. The van der Waals surface area contributed by atoms with Gasteiger partial charge < -0.3 is 19.3 Å². The van der Waals surface area contributed by atoms with E-state index in [4.69, 9.17) is 14.0 Å². The van der Waals surface area contributed by atoms with E-state index in [2.05, 4.69) is 20.4 Å². The van der Waals surface area contributed by atoms with Crippen LogP contribution in [0.4, 0.5) is 0 Å². The van der Waals surface area contributed by atoms with Crippen LogP contribution < -0.4 is 14.8 Å². The number of piperidine rings is 1. The molecule has 1 saturated heterocycles. The van der Waals surface area contributed by atoms with Gasteiger partial charge in [0, 0.05) is 30.5 Å². The molecule has 1 N–H and O–H groups in total. The SMILES string of the molecule is COc1ccc(-c2noc(CCC(=O)NCC3(N4CCCCC4)CCCCC3)n2)cc1OC. The third-order valence-corrected chi connectivity index (χ3v) is 7.10. The first-order chi connectivity index (χ1) is 16.1. The first-order valence-electron chi connectivity index (χ1n) is 12.2. The van der Waals surface area contributed by atoms with Crippen molar-refractivity contribution in [2.75, 3.05) is 33.9 Å². The monoisotopic (exact) mass is 456 g/mol. The number of carbonyl (C=O) groups excluding carboxylic acids is 1. The minimum absolute atomic E-state index is 0.0443. The quantitative estimate of drug-likeness (QED) is 0.610. The van der Waals surface area contributed by atoms with E-state index in [9.17, 15) is 4.79 Å². The van der Waals surface area contributed by atoms with E-state index in [0.717, 1.165) is 25.2 Å². The number of hydrogen-bond acceptors (Lipinski definition) is 7. The van der Waals surface area contributed by atoms with Gasteiger partial charge in [-0.25, -0.2) is 0 Å². The topological polar surface area (TPSA) is 89.7 Å². The Kier molecular flexibility index (Phi) is 7.85. The highest BCUT2D eigenvalue weighted by molar-refractivity contribution is 5.76. The molecule has 0 atom stereocenters. The zero-order valence-electron chi connectivity index (χ0n) is 19.9. The van der Waals surface area contributed by atoms with Crippen LogP contribution in [0.5, 0.6) is 11.5 Å². The van der Waals surface area contributed by atoms with Crippen LogP contribution in [-0.4, -0.2) is 60.3 Å². The summed E-state index contributed by atoms with van der Waals surface area (Å²) in [5.41, 5.74) is 0.909. The number of benzene rings is 1. The van der Waals surface area contributed by atoms with Gasteiger partial charge in [0.15, 0.2) is 11.5 Å². The first kappa shape index (κ1) is 23.5. The molecule has 1 aliphatic heterocycles. The van der Waals surface area contributed by atoms with E-state index in [1.165, 1.54) is 51.4 Å². The molecule has 1 amide bonds. The summed E-state index contributed by atoms with van der Waals surface area (Å²) in [5, 5.41) is 7.29. The average molecular weight is 457 g/mol. The van der Waals surface area contributed by atoms with E-state index < -0.39 is 0 Å². The molecule has 1 saturated carbocycles. The fourth-order valence-corrected chi connectivity index (χ4v) is 5.20. The van der Waals surface area contributed by atoms with Gasteiger partial charge in [0.1, 0.15) is 0 Å². The summed E-state index contributed by atoms with van der Waals surface area (Å²) in [7, 11) is 3.18. The lowest BCUT2D eigenvalue weighted by atomic mass is 9.79. The molecule has 33 heavy (non-hydrogen) atoms. The number of methoxy groups -OCH3 is 2. The number of nitrogens with zero attached hydrogens (tertiary/aromatic N) is 3. The molecule has 0 spiro atoms. The van der Waals surface area contributed by atoms with Crippen molar-refractivity contribution in [3.8, 4) is 22.9 Å². The number of amides is 1. The Morgan fingerprint density at radius 2 is 1.79 bits per heavy atom. The number of hydrogen-bond donors (Lipinski definition) is 1. The molecule has 1 aromatic carbocycles. The molecule has 180 valence electrons. The van der Waals surface area contributed by atoms with Crippen LogP contribution in [0.3, 0.4) is 0 Å². The molecule has 0 radical (unpaired) electrons. The maximum atomic E-state index is 12.7. The predicted octanol–water partition coefficient (Wildman–Crippen LogP) is 3.99. The van der Waals surface area contributed by atoms with Crippen LogP contribution in [0.15, 0.2) is 22.7 Å². The van der Waals surface area contributed by atoms with Crippen LogP contribution in [0.2, 0.25) is 0 Å². The fraction of sp³-hybridized carbons (Fsp3) is 0.640. The maximum absolute atomic E-state index is 12.7. The summed E-state index contributed by atoms with van der Waals surface area (Å²) in [4.78, 5) is 19.8. The number of aryl methyl sites for hydroxylation is 1. The van der Waals surface area contributed by atoms with E-state index in [0.29, 0.717) is 36.1 Å². The molecule has 1 aromatic heterocycles. The van der Waals surface area contributed by atoms with Gasteiger partial charge >= 0.3 is 0 Å². The Balaban J connectivity index is 1.31. The van der Waals surface area contributed by atoms with Gasteiger partial charge in [-0.15, -0.1) is 0 Å². The van der Waals surface area contributed by atoms with Crippen LogP contribution in [0, 0.1) is 0 Å². The minimum Gasteiger partial charge on any atom is -0.493 e. The largest absolute Gasteiger partial charge is 0.493 e. The van der Waals surface area contributed by atoms with Gasteiger partial charge in [-0.05, 0) is 57.0 Å². The fourth-order valence-electron chi connectivity index (χ4n) is 5.20. The van der Waals surface area contributed by atoms with Crippen molar-refractivity contribution < 1.29 is 18.8 Å². The Bertz CT molecular complexity index is 917. The Labute approximate surface area is 196 Å². The molecule has 4 rings (SSSR count). The van der Waals surface area contributed by atoms with Crippen molar-refractivity contribution in [1.29, 1.82) is 0 Å². The molecule has 0 unspecified atom stereocenters. The number of likely N-dealkylation sites (tertiary alicyclic amines) is 1. The van der Waals surface area contributed by atoms with Crippen molar-refractivity contribution in [1.82, 2.24) is 20.4 Å². The van der Waals surface area contributed by atoms with Crippen molar-refractivity contribution in [3.63, 3.8) is 0 Å². The molecular formula is C25H36N4O4. The van der Waals surface area contributed by atoms with Crippen LogP contribution in [-0.2, 0) is 11.2 Å². The Morgan fingerprint density at radius 3 is 2.52 bits per heavy atom. The molecule has 8 nitrogen and oxygen atoms in total. The van der Waals surface area contributed by atoms with Gasteiger partial charge in [0.2, 0.25) is 17.6 Å². The molecule has 1 aliphatic carbocycles. The van der Waals surface area contributed by atoms with Crippen LogP contribution in [0.1, 0.15) is 63.7 Å². The second-order valence-corrected chi connectivity index (χ2v) is 9.19. The summed E-state index contributed by atoms with van der Waals surface area (Å²) >= 11 is 0. The third kappa shape index (κ3) is 5.66. The summed E-state index contributed by atoms with van der Waals surface area (Å²) < 4.78 is 16.0. The van der Waals surface area contributed by atoms with Crippen LogP contribution in [0.25, 0.3) is 11.4 Å². The molecule has 2 aliphatic rings. The van der Waals surface area contributed by atoms with Gasteiger partial charge in [-0.3, -0.25) is 9.69 Å². The molecular weight excluding hydrogens is 420 g/mol. The summed E-state index contributed by atoms with van der Waals surface area (Å²) in [6.07, 6.45) is 10.8. The van der Waals surface area contributed by atoms with Gasteiger partial charge in [-0.1, -0.05) is 30.8 Å². The van der Waals surface area contributed by atoms with Crippen molar-refractivity contribution >= 4 is 5.91 Å². The highest BCUT2D eigenvalue weighted by Crippen LogP contribution is 2.35. The summed E-state index contributed by atoms with van der Waals surface area (Å²) in [6, 6.07) is 5.47. The standard InChI is InChI=1S/C25H36N4O4/c1-31-20-10-9-19(17-21(20)32-2)24-27-23(33-28-24)12-11-22(30)26-18-25(13-5-3-6-14-25)29-15-7-4-8-16-29/h9-10,17H,3-8,11-16,18H2,1-2H3,(H,26,30). The highest BCUT2D eigenvalue weighted by Gasteiger charge is 2.38. The normalized spacial score (nSPS) is 18.6. The van der Waals surface area contributed by atoms with Gasteiger partial charge in [0.05, 0.1) is 14.2 Å². The van der Waals surface area contributed by atoms with Crippen molar-refractivity contribution in [3.05, 3.63) is 24.1 Å². The number of aromatic nitrogens is 2. The lowest BCUT2D eigenvalue weighted by molar-refractivity contribution is -0.122. The Hall–Kier alpha value is -2.61. The second kappa shape index (κ2) is 11.0. The van der Waals surface area contributed by atoms with Crippen LogP contribution >= 0.6 is 0 Å². The van der Waals surface area contributed by atoms with Gasteiger partial charge in [-0.2, -0.15) is 4.98 Å². The second-order valence-electron chi connectivity index (χ2n) is 9.19. The zero-order valence-corrected chi connectivity index (χ0v) is 19.9. The first-order valence-corrected chi connectivity index (χ1v) is 12.2. The van der Waals surface area contributed by atoms with Gasteiger partial charge in [0.25, 0.3) is 0 Å². The van der Waals surface area contributed by atoms with E-state index in [-0.39, 0.29) is 11.4 Å². The number of nitrogens with one attached hydrogen (secondary N) is 1. The Morgan fingerprint density at radius 1 is 1.06 bits per heavy atom. The van der Waals surface area contributed by atoms with Crippen molar-refractivity contribution in [2.24, 2.45) is 0 Å². The number of rotatable bonds is 9. The number of carbonyl (C=O) groups is 1. The lowest BCUT2D eigenvalue weighted by Crippen LogP contribution is -2.58. The maximum Gasteiger partial charge on any atom is 0.227 e. The van der Waals surface area contributed by atoms with E-state index in [1.807, 2.05) is 12.1 Å². The summed E-state index contributed by atoms with van der Waals surface area (Å²) in [5.74, 6) is 2.21. The predicted molar refractivity (Wildman–Crippen MR) is 125 cm³/mol. The molecule has 2 fully saturated rings. The molecule has 0 bridgehead atoms.